The summed E-state index contributed by atoms with van der Waals surface area (Å²) >= 11 is 0. The second kappa shape index (κ2) is 5.36. The number of rotatable bonds is 5. The molecule has 1 aromatic carbocycles. The molecule has 0 aliphatic rings. The number of anilines is 1. The maximum absolute atomic E-state index is 10.3. The van der Waals surface area contributed by atoms with Gasteiger partial charge < -0.3 is 15.9 Å². The molecule has 4 nitrogen and oxygen atoms in total. The Morgan fingerprint density at radius 2 is 2.07 bits per heavy atom. The summed E-state index contributed by atoms with van der Waals surface area (Å²) in [5.41, 5.74) is 7.34. The van der Waals surface area contributed by atoms with Gasteiger partial charge in [0.05, 0.1) is 12.5 Å². The van der Waals surface area contributed by atoms with E-state index in [0.29, 0.717) is 18.5 Å². The Hall–Kier alpha value is -1.55. The van der Waals surface area contributed by atoms with E-state index in [1.807, 2.05) is 18.2 Å². The molecule has 82 valence electrons. The van der Waals surface area contributed by atoms with Crippen molar-refractivity contribution in [1.82, 2.24) is 0 Å². The highest BCUT2D eigenvalue weighted by atomic mass is 16.4. The first kappa shape index (κ1) is 11.5. The van der Waals surface area contributed by atoms with Crippen LogP contribution in [0.5, 0.6) is 0 Å². The van der Waals surface area contributed by atoms with Crippen molar-refractivity contribution in [3.63, 3.8) is 0 Å². The van der Waals surface area contributed by atoms with Crippen LogP contribution in [0, 0.1) is 0 Å². The molecular weight excluding hydrogens is 194 g/mol. The van der Waals surface area contributed by atoms with Gasteiger partial charge in [0.1, 0.15) is 0 Å². The zero-order chi connectivity index (χ0) is 11.3. The minimum absolute atomic E-state index is 0.216. The van der Waals surface area contributed by atoms with E-state index in [1.165, 1.54) is 0 Å². The lowest BCUT2D eigenvalue weighted by Gasteiger charge is -2.09. The van der Waals surface area contributed by atoms with Gasteiger partial charge in [0.15, 0.2) is 0 Å². The molecule has 1 aromatic rings. The number of carboxylic acid groups (broad SMARTS) is 1. The molecule has 0 heterocycles. The van der Waals surface area contributed by atoms with Crippen molar-refractivity contribution in [2.45, 2.75) is 25.4 Å². The SMILES string of the molecule is Nc1ccccc1CCC(O)CC(=O)O. The first-order valence-corrected chi connectivity index (χ1v) is 4.83. The van der Waals surface area contributed by atoms with E-state index in [2.05, 4.69) is 0 Å². The molecule has 0 amide bonds. The van der Waals surface area contributed by atoms with E-state index in [0.717, 1.165) is 5.56 Å². The van der Waals surface area contributed by atoms with Crippen molar-refractivity contribution in [3.05, 3.63) is 29.8 Å². The van der Waals surface area contributed by atoms with Crippen LogP contribution < -0.4 is 5.73 Å². The number of aliphatic hydroxyl groups excluding tert-OH is 1. The highest BCUT2D eigenvalue weighted by Gasteiger charge is 2.09. The number of aliphatic carboxylic acids is 1. The van der Waals surface area contributed by atoms with Crippen LogP contribution in [-0.2, 0) is 11.2 Å². The summed E-state index contributed by atoms with van der Waals surface area (Å²) in [6, 6.07) is 7.38. The third kappa shape index (κ3) is 3.99. The number of nitrogen functional groups attached to an aromatic ring is 1. The van der Waals surface area contributed by atoms with Gasteiger partial charge in [-0.15, -0.1) is 0 Å². The predicted octanol–water partition coefficient (Wildman–Crippen LogP) is 1.04. The summed E-state index contributed by atoms with van der Waals surface area (Å²) in [5.74, 6) is -0.983. The fourth-order valence-electron chi connectivity index (χ4n) is 1.39. The fraction of sp³-hybridized carbons (Fsp3) is 0.364. The van der Waals surface area contributed by atoms with Crippen molar-refractivity contribution in [2.24, 2.45) is 0 Å². The quantitative estimate of drug-likeness (QED) is 0.632. The molecule has 0 aliphatic carbocycles. The van der Waals surface area contributed by atoms with Crippen LogP contribution >= 0.6 is 0 Å². The van der Waals surface area contributed by atoms with Gasteiger partial charge in [0, 0.05) is 5.69 Å². The third-order valence-corrected chi connectivity index (χ3v) is 2.21. The molecule has 1 atom stereocenters. The molecule has 0 saturated heterocycles. The molecule has 0 aliphatic heterocycles. The molecule has 0 radical (unpaired) electrons. The van der Waals surface area contributed by atoms with Crippen LogP contribution in [0.1, 0.15) is 18.4 Å². The topological polar surface area (TPSA) is 83.5 Å². The van der Waals surface area contributed by atoms with Crippen LogP contribution in [0.3, 0.4) is 0 Å². The van der Waals surface area contributed by atoms with Crippen molar-refractivity contribution in [1.29, 1.82) is 0 Å². The molecule has 0 aromatic heterocycles. The average molecular weight is 209 g/mol. The van der Waals surface area contributed by atoms with E-state index in [1.54, 1.807) is 6.07 Å². The Balaban J connectivity index is 2.43. The van der Waals surface area contributed by atoms with E-state index < -0.39 is 12.1 Å². The lowest BCUT2D eigenvalue weighted by atomic mass is 10.0. The predicted molar refractivity (Wildman–Crippen MR) is 57.4 cm³/mol. The summed E-state index contributed by atoms with van der Waals surface area (Å²) in [5, 5.41) is 17.8. The molecule has 0 fully saturated rings. The number of carbonyl (C=O) groups is 1. The van der Waals surface area contributed by atoms with E-state index in [-0.39, 0.29) is 6.42 Å². The van der Waals surface area contributed by atoms with Gasteiger partial charge in [-0.1, -0.05) is 18.2 Å². The molecule has 4 N–H and O–H groups in total. The van der Waals surface area contributed by atoms with Gasteiger partial charge in [-0.2, -0.15) is 0 Å². The number of nitrogens with two attached hydrogens (primary N) is 1. The van der Waals surface area contributed by atoms with Gasteiger partial charge in [0.25, 0.3) is 0 Å². The number of aliphatic hydroxyl groups is 1. The molecule has 0 saturated carbocycles. The second-order valence-corrected chi connectivity index (χ2v) is 3.49. The largest absolute Gasteiger partial charge is 0.481 e. The zero-order valence-electron chi connectivity index (χ0n) is 8.39. The van der Waals surface area contributed by atoms with Gasteiger partial charge in [-0.05, 0) is 24.5 Å². The number of para-hydroxylation sites is 1. The smallest absolute Gasteiger partial charge is 0.305 e. The maximum atomic E-state index is 10.3. The number of aryl methyl sites for hydroxylation is 1. The van der Waals surface area contributed by atoms with E-state index in [9.17, 15) is 9.90 Å². The van der Waals surface area contributed by atoms with Crippen LogP contribution in [-0.4, -0.2) is 22.3 Å². The van der Waals surface area contributed by atoms with Gasteiger partial charge in [-0.3, -0.25) is 4.79 Å². The van der Waals surface area contributed by atoms with Gasteiger partial charge >= 0.3 is 5.97 Å². The summed E-state index contributed by atoms with van der Waals surface area (Å²) in [6.07, 6.45) is -0.00363. The molecule has 0 bridgehead atoms. The minimum atomic E-state index is -0.983. The maximum Gasteiger partial charge on any atom is 0.305 e. The molecule has 1 unspecified atom stereocenters. The van der Waals surface area contributed by atoms with Crippen LogP contribution in [0.15, 0.2) is 24.3 Å². The number of carboxylic acids is 1. The van der Waals surface area contributed by atoms with Crippen LogP contribution in [0.2, 0.25) is 0 Å². The summed E-state index contributed by atoms with van der Waals surface area (Å²) in [6.45, 7) is 0. The highest BCUT2D eigenvalue weighted by Crippen LogP contribution is 2.14. The lowest BCUT2D eigenvalue weighted by Crippen LogP contribution is -2.13. The Morgan fingerprint density at radius 1 is 1.40 bits per heavy atom. The first-order valence-electron chi connectivity index (χ1n) is 4.83. The van der Waals surface area contributed by atoms with Crippen molar-refractivity contribution in [3.8, 4) is 0 Å². The Bertz CT molecular complexity index is 338. The highest BCUT2D eigenvalue weighted by molar-refractivity contribution is 5.67. The van der Waals surface area contributed by atoms with E-state index >= 15 is 0 Å². The van der Waals surface area contributed by atoms with Crippen molar-refractivity contribution >= 4 is 11.7 Å². The number of hydrogen-bond donors (Lipinski definition) is 3. The molecule has 0 spiro atoms. The number of hydrogen-bond acceptors (Lipinski definition) is 3. The fourth-order valence-corrected chi connectivity index (χ4v) is 1.39. The zero-order valence-corrected chi connectivity index (χ0v) is 8.39. The first-order chi connectivity index (χ1) is 7.09. The van der Waals surface area contributed by atoms with Crippen molar-refractivity contribution < 1.29 is 15.0 Å². The minimum Gasteiger partial charge on any atom is -0.481 e. The second-order valence-electron chi connectivity index (χ2n) is 3.49. The average Bonchev–Trinajstić information content (AvgIpc) is 2.15. The van der Waals surface area contributed by atoms with Crippen molar-refractivity contribution in [2.75, 3.05) is 5.73 Å². The normalized spacial score (nSPS) is 12.3. The molecular formula is C11H15NO3. The summed E-state index contributed by atoms with van der Waals surface area (Å²) < 4.78 is 0. The molecule has 15 heavy (non-hydrogen) atoms. The summed E-state index contributed by atoms with van der Waals surface area (Å²) in [4.78, 5) is 10.3. The van der Waals surface area contributed by atoms with E-state index in [4.69, 9.17) is 10.8 Å². The Kier molecular flexibility index (Phi) is 4.12. The van der Waals surface area contributed by atoms with Crippen LogP contribution in [0.25, 0.3) is 0 Å². The van der Waals surface area contributed by atoms with Crippen LogP contribution in [0.4, 0.5) is 5.69 Å². The monoisotopic (exact) mass is 209 g/mol. The third-order valence-electron chi connectivity index (χ3n) is 2.21. The standard InChI is InChI=1S/C11H15NO3/c12-10-4-2-1-3-8(10)5-6-9(13)7-11(14)15/h1-4,9,13H,5-7,12H2,(H,14,15). The molecule has 4 heteroatoms. The Labute approximate surface area is 88.3 Å². The Morgan fingerprint density at radius 3 is 2.67 bits per heavy atom. The number of benzene rings is 1. The molecule has 1 rings (SSSR count). The van der Waals surface area contributed by atoms with Gasteiger partial charge in [-0.25, -0.2) is 0 Å². The lowest BCUT2D eigenvalue weighted by molar-refractivity contribution is -0.139. The summed E-state index contributed by atoms with van der Waals surface area (Å²) in [7, 11) is 0. The van der Waals surface area contributed by atoms with Gasteiger partial charge in [0.2, 0.25) is 0 Å².